The van der Waals surface area contributed by atoms with E-state index in [9.17, 15) is 8.42 Å². The van der Waals surface area contributed by atoms with E-state index in [2.05, 4.69) is 23.9 Å². The Hall–Kier alpha value is -2.52. The lowest BCUT2D eigenvalue weighted by Gasteiger charge is -2.08. The van der Waals surface area contributed by atoms with Crippen molar-refractivity contribution in [1.82, 2.24) is 19.7 Å². The normalized spacial score (nSPS) is 14.0. The molecular formula is C19H20N4O3S2. The van der Waals surface area contributed by atoms with Crippen molar-refractivity contribution in [2.24, 2.45) is 0 Å². The summed E-state index contributed by atoms with van der Waals surface area (Å²) in [4.78, 5) is 10.4. The lowest BCUT2D eigenvalue weighted by molar-refractivity contribution is 0.327. The summed E-state index contributed by atoms with van der Waals surface area (Å²) in [6.45, 7) is 4.68. The second-order valence-corrected chi connectivity index (χ2v) is 9.91. The molecule has 0 bridgehead atoms. The summed E-state index contributed by atoms with van der Waals surface area (Å²) >= 11 is 1.60. The van der Waals surface area contributed by atoms with E-state index in [1.54, 1.807) is 23.7 Å². The maximum atomic E-state index is 11.4. The number of fused-ring (bicyclic) bond motifs is 3. The van der Waals surface area contributed by atoms with Gasteiger partial charge in [-0.25, -0.2) is 23.1 Å². The molecule has 4 rings (SSSR count). The van der Waals surface area contributed by atoms with Gasteiger partial charge in [-0.2, -0.15) is 5.10 Å². The van der Waals surface area contributed by atoms with E-state index in [4.69, 9.17) is 9.72 Å². The average Bonchev–Trinajstić information content (AvgIpc) is 3.24. The van der Waals surface area contributed by atoms with Gasteiger partial charge in [-0.3, -0.25) is 0 Å². The van der Waals surface area contributed by atoms with Gasteiger partial charge in [0.2, 0.25) is 0 Å². The summed E-state index contributed by atoms with van der Waals surface area (Å²) < 4.78 is 30.6. The predicted octanol–water partition coefficient (Wildman–Crippen LogP) is 3.60. The first kappa shape index (κ1) is 18.8. The Bertz CT molecular complexity index is 1160. The summed E-state index contributed by atoms with van der Waals surface area (Å²) in [5, 5.41) is 6.32. The van der Waals surface area contributed by atoms with Crippen LogP contribution in [0.4, 0.5) is 0 Å². The molecule has 3 aromatic rings. The Kier molecular flexibility index (Phi) is 4.80. The van der Waals surface area contributed by atoms with Crippen molar-refractivity contribution in [3.63, 3.8) is 0 Å². The maximum Gasteiger partial charge on any atom is 0.187 e. The van der Waals surface area contributed by atoms with Crippen molar-refractivity contribution >= 4 is 27.3 Å². The highest BCUT2D eigenvalue weighted by molar-refractivity contribution is 7.93. The Morgan fingerprint density at radius 3 is 2.89 bits per heavy atom. The SMILES string of the molecule is CC(C)n1ncnc1-c1nc2c(s1)CCOc1ccc(C=CS(C)(=O)=O)cc1-2. The zero-order chi connectivity index (χ0) is 19.9. The molecule has 0 unspecified atom stereocenters. The molecule has 0 spiro atoms. The molecule has 0 N–H and O–H groups in total. The number of nitrogens with zero attached hydrogens (tertiary/aromatic N) is 4. The molecule has 1 aliphatic heterocycles. The van der Waals surface area contributed by atoms with Gasteiger partial charge in [0.25, 0.3) is 0 Å². The van der Waals surface area contributed by atoms with E-state index >= 15 is 0 Å². The van der Waals surface area contributed by atoms with Crippen LogP contribution in [0.5, 0.6) is 5.75 Å². The van der Waals surface area contributed by atoms with E-state index in [1.165, 1.54) is 11.7 Å². The highest BCUT2D eigenvalue weighted by Crippen LogP contribution is 2.40. The van der Waals surface area contributed by atoms with Crippen LogP contribution in [-0.2, 0) is 16.3 Å². The third kappa shape index (κ3) is 3.72. The molecule has 9 heteroatoms. The molecule has 0 radical (unpaired) electrons. The van der Waals surface area contributed by atoms with Gasteiger partial charge >= 0.3 is 0 Å². The van der Waals surface area contributed by atoms with Crippen molar-refractivity contribution in [2.45, 2.75) is 26.3 Å². The van der Waals surface area contributed by atoms with Crippen molar-refractivity contribution in [3.8, 4) is 27.8 Å². The number of hydrogen-bond acceptors (Lipinski definition) is 7. The van der Waals surface area contributed by atoms with Crippen LogP contribution >= 0.6 is 11.3 Å². The van der Waals surface area contributed by atoms with Gasteiger partial charge < -0.3 is 4.74 Å². The Labute approximate surface area is 167 Å². The van der Waals surface area contributed by atoms with Crippen LogP contribution in [0.2, 0.25) is 0 Å². The van der Waals surface area contributed by atoms with Crippen molar-refractivity contribution in [2.75, 3.05) is 12.9 Å². The first-order valence-electron chi connectivity index (χ1n) is 8.87. The zero-order valence-corrected chi connectivity index (χ0v) is 17.4. The van der Waals surface area contributed by atoms with Gasteiger partial charge in [0, 0.05) is 34.6 Å². The molecule has 146 valence electrons. The average molecular weight is 417 g/mol. The second-order valence-electron chi connectivity index (χ2n) is 6.90. The minimum absolute atomic E-state index is 0.185. The van der Waals surface area contributed by atoms with Gasteiger partial charge in [0.1, 0.15) is 12.1 Å². The third-order valence-corrected chi connectivity index (χ3v) is 6.05. The molecule has 0 fully saturated rings. The molecule has 28 heavy (non-hydrogen) atoms. The molecule has 0 atom stereocenters. The number of rotatable bonds is 4. The molecule has 1 aromatic carbocycles. The lowest BCUT2D eigenvalue weighted by atomic mass is 10.1. The quantitative estimate of drug-likeness (QED) is 0.646. The topological polar surface area (TPSA) is 87.0 Å². The Balaban J connectivity index is 1.81. The summed E-state index contributed by atoms with van der Waals surface area (Å²) in [7, 11) is -3.19. The number of hydrogen-bond donors (Lipinski definition) is 0. The fourth-order valence-corrected chi connectivity index (χ4v) is 4.48. The van der Waals surface area contributed by atoms with Crippen LogP contribution in [0.3, 0.4) is 0 Å². The number of sulfone groups is 1. The highest BCUT2D eigenvalue weighted by atomic mass is 32.2. The number of benzene rings is 1. The van der Waals surface area contributed by atoms with Crippen LogP contribution in [-0.4, -0.2) is 41.0 Å². The Morgan fingerprint density at radius 2 is 2.14 bits per heavy atom. The smallest absolute Gasteiger partial charge is 0.187 e. The summed E-state index contributed by atoms with van der Waals surface area (Å²) in [5.74, 6) is 1.50. The third-order valence-electron chi connectivity index (χ3n) is 4.30. The largest absolute Gasteiger partial charge is 0.493 e. The summed E-state index contributed by atoms with van der Waals surface area (Å²) in [6.07, 6.45) is 5.06. The van der Waals surface area contributed by atoms with Gasteiger partial charge in [-0.05, 0) is 37.6 Å². The molecule has 0 aliphatic carbocycles. The monoisotopic (exact) mass is 416 g/mol. The fourth-order valence-electron chi connectivity index (χ4n) is 3.03. The number of aromatic nitrogens is 4. The first-order valence-corrected chi connectivity index (χ1v) is 11.6. The Morgan fingerprint density at radius 1 is 1.32 bits per heavy atom. The molecular weight excluding hydrogens is 396 g/mol. The fraction of sp³-hybridized carbons (Fsp3) is 0.316. The molecule has 3 heterocycles. The van der Waals surface area contributed by atoms with Crippen LogP contribution in [0.25, 0.3) is 28.2 Å². The van der Waals surface area contributed by atoms with Crippen molar-refractivity contribution in [3.05, 3.63) is 40.4 Å². The van der Waals surface area contributed by atoms with Gasteiger partial charge in [-0.1, -0.05) is 6.07 Å². The highest BCUT2D eigenvalue weighted by Gasteiger charge is 2.23. The molecule has 1 aliphatic rings. The van der Waals surface area contributed by atoms with Crippen LogP contribution in [0, 0.1) is 0 Å². The van der Waals surface area contributed by atoms with E-state index in [0.717, 1.165) is 44.7 Å². The van der Waals surface area contributed by atoms with Crippen molar-refractivity contribution in [1.29, 1.82) is 0 Å². The standard InChI is InChI=1S/C19H20N4O3S2/c1-12(2)23-18(20-11-21-23)19-22-17-14-10-13(7-9-28(3,24)25)4-5-15(14)26-8-6-16(17)27-19/h4-5,7,9-12H,6,8H2,1-3H3. The molecule has 0 amide bonds. The lowest BCUT2D eigenvalue weighted by Crippen LogP contribution is -2.04. The van der Waals surface area contributed by atoms with Crippen LogP contribution < -0.4 is 4.74 Å². The summed E-state index contributed by atoms with van der Waals surface area (Å²) in [5.41, 5.74) is 2.50. The predicted molar refractivity (Wildman–Crippen MR) is 110 cm³/mol. The van der Waals surface area contributed by atoms with E-state index in [-0.39, 0.29) is 6.04 Å². The van der Waals surface area contributed by atoms with Gasteiger partial charge in [0.05, 0.1) is 12.3 Å². The van der Waals surface area contributed by atoms with E-state index in [0.29, 0.717) is 6.61 Å². The zero-order valence-electron chi connectivity index (χ0n) is 15.8. The van der Waals surface area contributed by atoms with Crippen LogP contribution in [0.1, 0.15) is 30.3 Å². The minimum Gasteiger partial charge on any atom is -0.493 e. The van der Waals surface area contributed by atoms with Gasteiger partial charge in [0.15, 0.2) is 20.7 Å². The van der Waals surface area contributed by atoms with Crippen molar-refractivity contribution < 1.29 is 13.2 Å². The molecule has 0 saturated carbocycles. The van der Waals surface area contributed by atoms with Crippen LogP contribution in [0.15, 0.2) is 29.9 Å². The number of ether oxygens (including phenoxy) is 1. The molecule has 2 aromatic heterocycles. The maximum absolute atomic E-state index is 11.4. The number of thiazole rings is 1. The van der Waals surface area contributed by atoms with E-state index < -0.39 is 9.84 Å². The van der Waals surface area contributed by atoms with E-state index in [1.807, 2.05) is 22.9 Å². The second kappa shape index (κ2) is 7.14. The molecule has 7 nitrogen and oxygen atoms in total. The first-order chi connectivity index (χ1) is 13.3. The minimum atomic E-state index is -3.19. The molecule has 0 saturated heterocycles. The summed E-state index contributed by atoms with van der Waals surface area (Å²) in [6, 6.07) is 5.80. The van der Waals surface area contributed by atoms with Gasteiger partial charge in [-0.15, -0.1) is 11.3 Å².